The maximum absolute atomic E-state index is 8.53. The van der Waals surface area contributed by atoms with E-state index in [4.69, 9.17) is 16.6 Å². The van der Waals surface area contributed by atoms with E-state index in [1.165, 1.54) is 0 Å². The van der Waals surface area contributed by atoms with Gasteiger partial charge in [0.25, 0.3) is 0 Å². The number of hydrogen-bond acceptors (Lipinski definition) is 4. The minimum Gasteiger partial charge on any atom is -0.395 e. The molecule has 0 aromatic heterocycles. The van der Waals surface area contributed by atoms with E-state index < -0.39 is 0 Å². The highest BCUT2D eigenvalue weighted by molar-refractivity contribution is 7.99. The Labute approximate surface area is 66.2 Å². The molecule has 10 heavy (non-hydrogen) atoms. The van der Waals surface area contributed by atoms with Gasteiger partial charge in [0.1, 0.15) is 0 Å². The van der Waals surface area contributed by atoms with Crippen molar-refractivity contribution >= 4 is 11.8 Å². The Kier molecular flexibility index (Phi) is 7.51. The number of hydrogen-bond donors (Lipinski definition) is 3. The van der Waals surface area contributed by atoms with Crippen molar-refractivity contribution in [3.63, 3.8) is 0 Å². The van der Waals surface area contributed by atoms with Crippen LogP contribution in [-0.4, -0.2) is 35.8 Å². The summed E-state index contributed by atoms with van der Waals surface area (Å²) < 4.78 is 0. The Balaban J connectivity index is 2.89. The van der Waals surface area contributed by atoms with Crippen molar-refractivity contribution in [3.8, 4) is 0 Å². The van der Waals surface area contributed by atoms with Crippen LogP contribution >= 0.6 is 11.8 Å². The van der Waals surface area contributed by atoms with E-state index in [-0.39, 0.29) is 12.6 Å². The highest BCUT2D eigenvalue weighted by atomic mass is 32.2. The summed E-state index contributed by atoms with van der Waals surface area (Å²) in [6.45, 7) is 0.816. The van der Waals surface area contributed by atoms with Crippen LogP contribution in [0.15, 0.2) is 0 Å². The van der Waals surface area contributed by atoms with Crippen LogP contribution in [0.1, 0.15) is 6.42 Å². The molecule has 4 heteroatoms. The molecule has 0 aliphatic carbocycles. The molecular formula is C6H16N2OS. The zero-order valence-electron chi connectivity index (χ0n) is 6.12. The highest BCUT2D eigenvalue weighted by Crippen LogP contribution is 2.02. The monoisotopic (exact) mass is 164 g/mol. The maximum Gasteiger partial charge on any atom is 0.0590 e. The van der Waals surface area contributed by atoms with Gasteiger partial charge >= 0.3 is 0 Å². The summed E-state index contributed by atoms with van der Waals surface area (Å²) in [5, 5.41) is 8.53. The molecule has 1 atom stereocenters. The summed E-state index contributed by atoms with van der Waals surface area (Å²) in [5.74, 6) is 1.88. The molecule has 0 aliphatic rings. The summed E-state index contributed by atoms with van der Waals surface area (Å²) in [6.07, 6.45) is 1.03. The number of nitrogens with two attached hydrogens (primary N) is 2. The Bertz CT molecular complexity index is 72.8. The van der Waals surface area contributed by atoms with Gasteiger partial charge in [-0.25, -0.2) is 0 Å². The lowest BCUT2D eigenvalue weighted by molar-refractivity contribution is 0.275. The first-order valence-corrected chi connectivity index (χ1v) is 4.61. The average molecular weight is 164 g/mol. The first kappa shape index (κ1) is 10.2. The summed E-state index contributed by atoms with van der Waals surface area (Å²) in [6, 6.07) is -0.0669. The molecular weight excluding hydrogens is 148 g/mol. The number of aliphatic hydroxyl groups excluding tert-OH is 1. The minimum absolute atomic E-state index is 0.0669. The van der Waals surface area contributed by atoms with E-state index in [1.54, 1.807) is 11.8 Å². The van der Waals surface area contributed by atoms with E-state index in [1.807, 2.05) is 0 Å². The third-order valence-electron chi connectivity index (χ3n) is 1.06. The van der Waals surface area contributed by atoms with Crippen molar-refractivity contribution in [1.29, 1.82) is 0 Å². The van der Waals surface area contributed by atoms with Gasteiger partial charge in [-0.2, -0.15) is 11.8 Å². The van der Waals surface area contributed by atoms with Crippen molar-refractivity contribution < 1.29 is 5.11 Å². The molecule has 62 valence electrons. The van der Waals surface area contributed by atoms with Crippen LogP contribution in [0.5, 0.6) is 0 Å². The lowest BCUT2D eigenvalue weighted by Gasteiger charge is -2.05. The van der Waals surface area contributed by atoms with Gasteiger partial charge in [0.15, 0.2) is 0 Å². The lowest BCUT2D eigenvalue weighted by atomic mass is 10.4. The standard InChI is InChI=1S/C6H16N2OS/c7-2-1-3-10-5-6(8)4-9/h6,9H,1-5,7-8H2/t6-/m1/s1. The molecule has 0 radical (unpaired) electrons. The molecule has 0 aliphatic heterocycles. The molecule has 0 aromatic carbocycles. The maximum atomic E-state index is 8.53. The predicted octanol–water partition coefficient (Wildman–Crippen LogP) is -0.612. The van der Waals surface area contributed by atoms with Crippen molar-refractivity contribution in [3.05, 3.63) is 0 Å². The summed E-state index contributed by atoms with van der Waals surface area (Å²) in [5.41, 5.74) is 10.7. The molecule has 0 bridgehead atoms. The molecule has 0 rings (SSSR count). The first-order chi connectivity index (χ1) is 4.81. The van der Waals surface area contributed by atoms with Crippen LogP contribution in [0.2, 0.25) is 0 Å². The van der Waals surface area contributed by atoms with E-state index in [0.717, 1.165) is 24.5 Å². The van der Waals surface area contributed by atoms with Gasteiger partial charge in [0, 0.05) is 11.8 Å². The molecule has 0 fully saturated rings. The zero-order valence-corrected chi connectivity index (χ0v) is 6.94. The lowest BCUT2D eigenvalue weighted by Crippen LogP contribution is -2.27. The van der Waals surface area contributed by atoms with Gasteiger partial charge in [-0.1, -0.05) is 0 Å². The van der Waals surface area contributed by atoms with E-state index in [2.05, 4.69) is 0 Å². The van der Waals surface area contributed by atoms with Crippen molar-refractivity contribution in [2.45, 2.75) is 12.5 Å². The minimum atomic E-state index is -0.0669. The second-order valence-corrected chi connectivity index (χ2v) is 3.31. The largest absolute Gasteiger partial charge is 0.395 e. The van der Waals surface area contributed by atoms with Crippen molar-refractivity contribution in [1.82, 2.24) is 0 Å². The Morgan fingerprint density at radius 2 is 2.20 bits per heavy atom. The Morgan fingerprint density at radius 3 is 2.70 bits per heavy atom. The van der Waals surface area contributed by atoms with Crippen molar-refractivity contribution in [2.24, 2.45) is 11.5 Å². The second kappa shape index (κ2) is 7.34. The Morgan fingerprint density at radius 1 is 1.50 bits per heavy atom. The average Bonchev–Trinajstić information content (AvgIpc) is 1.98. The fraction of sp³-hybridized carbons (Fsp3) is 1.00. The van der Waals surface area contributed by atoms with Gasteiger partial charge in [0.2, 0.25) is 0 Å². The smallest absolute Gasteiger partial charge is 0.0590 e. The predicted molar refractivity (Wildman–Crippen MR) is 46.1 cm³/mol. The molecule has 0 amide bonds. The number of thioether (sulfide) groups is 1. The van der Waals surface area contributed by atoms with Crippen LogP contribution in [0.3, 0.4) is 0 Å². The van der Waals surface area contributed by atoms with E-state index in [0.29, 0.717) is 0 Å². The molecule has 0 unspecified atom stereocenters. The molecule has 3 nitrogen and oxygen atoms in total. The van der Waals surface area contributed by atoms with Crippen LogP contribution in [0.4, 0.5) is 0 Å². The SMILES string of the molecule is NCCCSC[C@H](N)CO. The normalized spacial score (nSPS) is 13.5. The van der Waals surface area contributed by atoms with E-state index in [9.17, 15) is 0 Å². The Hall–Kier alpha value is 0.230. The van der Waals surface area contributed by atoms with Gasteiger partial charge in [-0.15, -0.1) is 0 Å². The molecule has 0 aromatic rings. The summed E-state index contributed by atoms with van der Waals surface area (Å²) in [4.78, 5) is 0. The molecule has 0 saturated heterocycles. The van der Waals surface area contributed by atoms with Crippen LogP contribution in [-0.2, 0) is 0 Å². The first-order valence-electron chi connectivity index (χ1n) is 3.45. The van der Waals surface area contributed by atoms with Gasteiger partial charge in [-0.05, 0) is 18.7 Å². The van der Waals surface area contributed by atoms with Gasteiger partial charge < -0.3 is 16.6 Å². The topological polar surface area (TPSA) is 72.3 Å². The number of aliphatic hydroxyl groups is 1. The van der Waals surface area contributed by atoms with Crippen LogP contribution < -0.4 is 11.5 Å². The quantitative estimate of drug-likeness (QED) is 0.458. The molecule has 5 N–H and O–H groups in total. The fourth-order valence-electron chi connectivity index (χ4n) is 0.473. The number of rotatable bonds is 6. The van der Waals surface area contributed by atoms with Crippen LogP contribution in [0.25, 0.3) is 0 Å². The van der Waals surface area contributed by atoms with Gasteiger partial charge in [0.05, 0.1) is 6.61 Å². The van der Waals surface area contributed by atoms with Crippen molar-refractivity contribution in [2.75, 3.05) is 24.7 Å². The summed E-state index contributed by atoms with van der Waals surface area (Å²) in [7, 11) is 0. The van der Waals surface area contributed by atoms with Gasteiger partial charge in [-0.3, -0.25) is 0 Å². The fourth-order valence-corrected chi connectivity index (χ4v) is 1.42. The molecule has 0 heterocycles. The zero-order chi connectivity index (χ0) is 7.82. The third kappa shape index (κ3) is 6.35. The molecule has 0 spiro atoms. The third-order valence-corrected chi connectivity index (χ3v) is 2.30. The summed E-state index contributed by atoms with van der Waals surface area (Å²) >= 11 is 1.75. The van der Waals surface area contributed by atoms with E-state index >= 15 is 0 Å². The van der Waals surface area contributed by atoms with Crippen LogP contribution in [0, 0.1) is 0 Å². The molecule has 0 saturated carbocycles. The highest BCUT2D eigenvalue weighted by Gasteiger charge is 1.98. The second-order valence-electron chi connectivity index (χ2n) is 2.16.